The van der Waals surface area contributed by atoms with Gasteiger partial charge in [0.25, 0.3) is 0 Å². The Balaban J connectivity index is 1.84. The van der Waals surface area contributed by atoms with E-state index in [2.05, 4.69) is 51.6 Å². The Bertz CT molecular complexity index is 565. The summed E-state index contributed by atoms with van der Waals surface area (Å²) in [5, 5.41) is 3.56. The Morgan fingerprint density at radius 3 is 2.67 bits per heavy atom. The predicted octanol–water partition coefficient (Wildman–Crippen LogP) is 4.17. The molecule has 3 rings (SSSR count). The molecule has 0 bridgehead atoms. The van der Waals surface area contributed by atoms with E-state index in [1.165, 1.54) is 16.8 Å². The topological polar surface area (TPSA) is 21.3 Å². The quantitative estimate of drug-likeness (QED) is 0.899. The fourth-order valence-electron chi connectivity index (χ4n) is 2.36. The van der Waals surface area contributed by atoms with E-state index in [9.17, 15) is 0 Å². The number of hydrogen-bond donors (Lipinski definition) is 1. The van der Waals surface area contributed by atoms with Crippen molar-refractivity contribution in [3.63, 3.8) is 0 Å². The molecule has 1 unspecified atom stereocenters. The van der Waals surface area contributed by atoms with Crippen LogP contribution >= 0.6 is 15.9 Å². The van der Waals surface area contributed by atoms with E-state index < -0.39 is 0 Å². The average molecular weight is 304 g/mol. The van der Waals surface area contributed by atoms with Crippen LogP contribution in [-0.4, -0.2) is 7.11 Å². The van der Waals surface area contributed by atoms with Crippen molar-refractivity contribution < 1.29 is 4.74 Å². The number of nitrogens with one attached hydrogen (secondary N) is 1. The molecule has 1 N–H and O–H groups in total. The van der Waals surface area contributed by atoms with Crippen LogP contribution in [0.3, 0.4) is 0 Å². The zero-order chi connectivity index (χ0) is 12.5. The van der Waals surface area contributed by atoms with Crippen LogP contribution in [0.1, 0.15) is 17.2 Å². The molecule has 1 aliphatic heterocycles. The van der Waals surface area contributed by atoms with Gasteiger partial charge in [-0.25, -0.2) is 0 Å². The van der Waals surface area contributed by atoms with Gasteiger partial charge >= 0.3 is 0 Å². The van der Waals surface area contributed by atoms with Gasteiger partial charge in [0.15, 0.2) is 0 Å². The summed E-state index contributed by atoms with van der Waals surface area (Å²) in [6.07, 6.45) is 1.04. The molecule has 2 nitrogen and oxygen atoms in total. The summed E-state index contributed by atoms with van der Waals surface area (Å²) < 4.78 is 6.30. The average Bonchev–Trinajstić information content (AvgIpc) is 2.81. The van der Waals surface area contributed by atoms with Crippen LogP contribution in [0.4, 0.5) is 5.69 Å². The van der Waals surface area contributed by atoms with Gasteiger partial charge in [0.05, 0.1) is 13.2 Å². The molecule has 92 valence electrons. The Labute approximate surface area is 115 Å². The Hall–Kier alpha value is -1.48. The summed E-state index contributed by atoms with van der Waals surface area (Å²) in [7, 11) is 1.69. The van der Waals surface area contributed by atoms with Gasteiger partial charge in [0, 0.05) is 10.2 Å². The SMILES string of the molecule is COc1ccc(C2Cc3ccc(Br)cc3N2)cc1. The highest BCUT2D eigenvalue weighted by Gasteiger charge is 2.21. The van der Waals surface area contributed by atoms with E-state index in [-0.39, 0.29) is 0 Å². The Kier molecular flexibility index (Phi) is 3.00. The highest BCUT2D eigenvalue weighted by Crippen LogP contribution is 2.36. The summed E-state index contributed by atoms with van der Waals surface area (Å²) in [5.41, 5.74) is 3.90. The second-order valence-corrected chi connectivity index (χ2v) is 5.39. The number of fused-ring (bicyclic) bond motifs is 1. The van der Waals surface area contributed by atoms with E-state index >= 15 is 0 Å². The molecule has 1 aliphatic rings. The fraction of sp³-hybridized carbons (Fsp3) is 0.200. The van der Waals surface area contributed by atoms with Crippen LogP contribution < -0.4 is 10.1 Å². The van der Waals surface area contributed by atoms with Crippen molar-refractivity contribution in [2.24, 2.45) is 0 Å². The number of ether oxygens (including phenoxy) is 1. The molecule has 0 saturated carbocycles. The molecule has 0 aliphatic carbocycles. The summed E-state index contributed by atoms with van der Waals surface area (Å²) >= 11 is 3.50. The monoisotopic (exact) mass is 303 g/mol. The Morgan fingerprint density at radius 1 is 1.17 bits per heavy atom. The molecule has 1 heterocycles. The predicted molar refractivity (Wildman–Crippen MR) is 77.2 cm³/mol. The number of hydrogen-bond acceptors (Lipinski definition) is 2. The molecule has 2 aromatic rings. The van der Waals surface area contributed by atoms with Crippen LogP contribution in [0.2, 0.25) is 0 Å². The van der Waals surface area contributed by atoms with Crippen LogP contribution in [0.15, 0.2) is 46.9 Å². The minimum atomic E-state index is 0.361. The highest BCUT2D eigenvalue weighted by molar-refractivity contribution is 9.10. The van der Waals surface area contributed by atoms with Gasteiger partial charge < -0.3 is 10.1 Å². The van der Waals surface area contributed by atoms with Crippen molar-refractivity contribution in [2.45, 2.75) is 12.5 Å². The van der Waals surface area contributed by atoms with Crippen LogP contribution in [0.25, 0.3) is 0 Å². The van der Waals surface area contributed by atoms with Crippen molar-refractivity contribution in [3.8, 4) is 5.75 Å². The highest BCUT2D eigenvalue weighted by atomic mass is 79.9. The van der Waals surface area contributed by atoms with Crippen LogP contribution in [0.5, 0.6) is 5.75 Å². The van der Waals surface area contributed by atoms with Gasteiger partial charge in [-0.2, -0.15) is 0 Å². The largest absolute Gasteiger partial charge is 0.497 e. The van der Waals surface area contributed by atoms with Gasteiger partial charge in [-0.1, -0.05) is 34.1 Å². The van der Waals surface area contributed by atoms with E-state index in [1.807, 2.05) is 12.1 Å². The lowest BCUT2D eigenvalue weighted by Gasteiger charge is -2.12. The smallest absolute Gasteiger partial charge is 0.118 e. The maximum atomic E-state index is 5.18. The third-order valence-electron chi connectivity index (χ3n) is 3.34. The number of rotatable bonds is 2. The first-order chi connectivity index (χ1) is 8.76. The molecule has 0 radical (unpaired) electrons. The number of methoxy groups -OCH3 is 1. The van der Waals surface area contributed by atoms with Crippen molar-refractivity contribution in [2.75, 3.05) is 12.4 Å². The zero-order valence-corrected chi connectivity index (χ0v) is 11.7. The molecule has 3 heteroatoms. The molecular weight excluding hydrogens is 290 g/mol. The summed E-state index contributed by atoms with van der Waals surface area (Å²) in [4.78, 5) is 0. The third-order valence-corrected chi connectivity index (χ3v) is 3.84. The molecule has 0 fully saturated rings. The first-order valence-electron chi connectivity index (χ1n) is 5.95. The molecular formula is C15H14BrNO. The van der Waals surface area contributed by atoms with Crippen LogP contribution in [0, 0.1) is 0 Å². The van der Waals surface area contributed by atoms with Gasteiger partial charge in [-0.3, -0.25) is 0 Å². The standard InChI is InChI=1S/C15H14BrNO/c1-18-13-6-3-10(4-7-13)14-8-11-2-5-12(16)9-15(11)17-14/h2-7,9,14,17H,8H2,1H3. The number of anilines is 1. The van der Waals surface area contributed by atoms with E-state index in [0.29, 0.717) is 6.04 Å². The van der Waals surface area contributed by atoms with E-state index in [1.54, 1.807) is 7.11 Å². The van der Waals surface area contributed by atoms with Crippen molar-refractivity contribution in [3.05, 3.63) is 58.1 Å². The van der Waals surface area contributed by atoms with Gasteiger partial charge in [0.1, 0.15) is 5.75 Å². The number of benzene rings is 2. The third kappa shape index (κ3) is 2.10. The summed E-state index contributed by atoms with van der Waals surface area (Å²) in [5.74, 6) is 0.900. The molecule has 0 spiro atoms. The van der Waals surface area contributed by atoms with Gasteiger partial charge in [0.2, 0.25) is 0 Å². The minimum absolute atomic E-state index is 0.361. The normalized spacial score (nSPS) is 17.1. The van der Waals surface area contributed by atoms with Crippen LogP contribution in [-0.2, 0) is 6.42 Å². The lowest BCUT2D eigenvalue weighted by molar-refractivity contribution is 0.414. The second kappa shape index (κ2) is 4.65. The molecule has 1 atom stereocenters. The maximum absolute atomic E-state index is 5.18. The van der Waals surface area contributed by atoms with Gasteiger partial charge in [-0.15, -0.1) is 0 Å². The van der Waals surface area contributed by atoms with Crippen molar-refractivity contribution >= 4 is 21.6 Å². The van der Waals surface area contributed by atoms with Crippen molar-refractivity contribution in [1.29, 1.82) is 0 Å². The summed E-state index contributed by atoms with van der Waals surface area (Å²) in [6, 6.07) is 15.0. The number of halogens is 1. The van der Waals surface area contributed by atoms with Crippen molar-refractivity contribution in [1.82, 2.24) is 0 Å². The molecule has 2 aromatic carbocycles. The second-order valence-electron chi connectivity index (χ2n) is 4.48. The maximum Gasteiger partial charge on any atom is 0.118 e. The molecule has 18 heavy (non-hydrogen) atoms. The zero-order valence-electron chi connectivity index (χ0n) is 10.1. The minimum Gasteiger partial charge on any atom is -0.497 e. The lowest BCUT2D eigenvalue weighted by Crippen LogP contribution is -2.05. The summed E-state index contributed by atoms with van der Waals surface area (Å²) in [6.45, 7) is 0. The van der Waals surface area contributed by atoms with E-state index in [4.69, 9.17) is 4.74 Å². The fourth-order valence-corrected chi connectivity index (χ4v) is 2.72. The molecule has 0 saturated heterocycles. The van der Waals surface area contributed by atoms with E-state index in [0.717, 1.165) is 16.6 Å². The lowest BCUT2D eigenvalue weighted by atomic mass is 10.0. The van der Waals surface area contributed by atoms with Gasteiger partial charge in [-0.05, 0) is 41.8 Å². The first kappa shape index (κ1) is 11.6. The molecule has 0 amide bonds. The molecule has 0 aromatic heterocycles. The Morgan fingerprint density at radius 2 is 1.94 bits per heavy atom. The first-order valence-corrected chi connectivity index (χ1v) is 6.74.